The average Bonchev–Trinajstić information content (AvgIpc) is 2.14. The zero-order chi connectivity index (χ0) is 8.65. The van der Waals surface area contributed by atoms with Crippen LogP contribution in [0.2, 0.25) is 0 Å². The molecule has 0 aliphatic heterocycles. The van der Waals surface area contributed by atoms with E-state index in [4.69, 9.17) is 5.11 Å². The van der Waals surface area contributed by atoms with E-state index >= 15 is 0 Å². The molecule has 12 heavy (non-hydrogen) atoms. The average molecular weight is 162 g/mol. The van der Waals surface area contributed by atoms with Gasteiger partial charge in [-0.3, -0.25) is 0 Å². The molecule has 0 saturated carbocycles. The smallest absolute Gasteiger partial charge is 0.115 e. The fraction of sp³-hybridized carbons (Fsp3) is 0.333. The van der Waals surface area contributed by atoms with E-state index in [1.807, 2.05) is 0 Å². The molecular weight excluding hydrogens is 152 g/mol. The summed E-state index contributed by atoms with van der Waals surface area (Å²) in [6, 6.07) is 0. The minimum atomic E-state index is 0.194. The van der Waals surface area contributed by atoms with E-state index in [0.717, 1.165) is 12.0 Å². The maximum atomic E-state index is 8.47. The Bertz CT molecular complexity index is 274. The highest BCUT2D eigenvalue weighted by atomic mass is 16.2. The number of aromatic nitrogens is 2. The quantitative estimate of drug-likeness (QED) is 0.511. The number of hydrogen-bond donors (Lipinski definition) is 1. The Hall–Kier alpha value is -1.40. The third-order valence-corrected chi connectivity index (χ3v) is 1.25. The Morgan fingerprint density at radius 1 is 1.33 bits per heavy atom. The summed E-state index contributed by atoms with van der Waals surface area (Å²) in [6.07, 6.45) is 6.24. The lowest BCUT2D eigenvalue weighted by Crippen LogP contribution is -1.81. The fourth-order valence-electron chi connectivity index (χ4n) is 0.696. The maximum Gasteiger partial charge on any atom is 0.115 e. The monoisotopic (exact) mass is 162 g/mol. The second-order valence-electron chi connectivity index (χ2n) is 2.26. The lowest BCUT2D eigenvalue weighted by molar-refractivity contribution is 0.290. The number of unbranched alkanes of at least 4 members (excludes halogenated alkanes) is 1. The number of hydrogen-bond acceptors (Lipinski definition) is 3. The van der Waals surface area contributed by atoms with Gasteiger partial charge in [0.25, 0.3) is 0 Å². The Morgan fingerprint density at radius 3 is 2.75 bits per heavy atom. The summed E-state index contributed by atoms with van der Waals surface area (Å²) in [5.41, 5.74) is 0.815. The van der Waals surface area contributed by atoms with E-state index in [2.05, 4.69) is 21.8 Å². The molecule has 0 atom stereocenters. The van der Waals surface area contributed by atoms with Gasteiger partial charge in [-0.2, -0.15) is 0 Å². The van der Waals surface area contributed by atoms with Gasteiger partial charge >= 0.3 is 0 Å². The van der Waals surface area contributed by atoms with Crippen LogP contribution in [0.25, 0.3) is 0 Å². The number of rotatable bonds is 2. The van der Waals surface area contributed by atoms with Gasteiger partial charge in [0.05, 0.1) is 5.56 Å². The number of aliphatic hydroxyl groups is 1. The van der Waals surface area contributed by atoms with Crippen molar-refractivity contribution in [3.63, 3.8) is 0 Å². The lowest BCUT2D eigenvalue weighted by atomic mass is 10.3. The molecule has 1 aromatic heterocycles. The minimum Gasteiger partial charge on any atom is -0.396 e. The molecule has 0 aliphatic carbocycles. The van der Waals surface area contributed by atoms with Gasteiger partial charge in [0.1, 0.15) is 6.33 Å². The lowest BCUT2D eigenvalue weighted by Gasteiger charge is -1.85. The maximum absolute atomic E-state index is 8.47. The van der Waals surface area contributed by atoms with Crippen molar-refractivity contribution in [2.45, 2.75) is 12.8 Å². The van der Waals surface area contributed by atoms with Crippen LogP contribution in [0.5, 0.6) is 0 Å². The highest BCUT2D eigenvalue weighted by Gasteiger charge is 1.82. The minimum absolute atomic E-state index is 0.194. The van der Waals surface area contributed by atoms with Crippen molar-refractivity contribution in [1.82, 2.24) is 9.97 Å². The molecule has 0 fully saturated rings. The first-order valence-electron chi connectivity index (χ1n) is 3.78. The summed E-state index contributed by atoms with van der Waals surface area (Å²) in [7, 11) is 0. The second-order valence-corrected chi connectivity index (χ2v) is 2.26. The van der Waals surface area contributed by atoms with Gasteiger partial charge in [-0.15, -0.1) is 0 Å². The molecule has 0 unspecified atom stereocenters. The number of nitrogens with zero attached hydrogens (tertiary/aromatic N) is 2. The van der Waals surface area contributed by atoms with E-state index in [1.54, 1.807) is 12.4 Å². The van der Waals surface area contributed by atoms with Crippen LogP contribution in [-0.4, -0.2) is 21.7 Å². The molecule has 0 spiro atoms. The molecule has 1 aromatic rings. The van der Waals surface area contributed by atoms with Crippen molar-refractivity contribution in [2.75, 3.05) is 6.61 Å². The van der Waals surface area contributed by atoms with E-state index in [9.17, 15) is 0 Å². The first kappa shape index (κ1) is 8.69. The molecule has 3 heteroatoms. The van der Waals surface area contributed by atoms with Crippen LogP contribution in [0.15, 0.2) is 18.7 Å². The van der Waals surface area contributed by atoms with Crippen LogP contribution in [-0.2, 0) is 0 Å². The first-order chi connectivity index (χ1) is 5.93. The largest absolute Gasteiger partial charge is 0.396 e. The predicted octanol–water partition coefficient (Wildman–Crippen LogP) is 0.601. The Kier molecular flexibility index (Phi) is 3.82. The van der Waals surface area contributed by atoms with E-state index in [1.165, 1.54) is 6.33 Å². The van der Waals surface area contributed by atoms with Crippen molar-refractivity contribution in [1.29, 1.82) is 0 Å². The molecule has 0 amide bonds. The molecule has 1 heterocycles. The summed E-state index contributed by atoms with van der Waals surface area (Å²) in [6.45, 7) is 0.194. The summed E-state index contributed by atoms with van der Waals surface area (Å²) < 4.78 is 0. The zero-order valence-corrected chi connectivity index (χ0v) is 6.70. The molecule has 1 rings (SSSR count). The Morgan fingerprint density at radius 2 is 2.08 bits per heavy atom. The molecular formula is C9H10N2O. The molecule has 0 aliphatic rings. The number of aliphatic hydroxyl groups excluding tert-OH is 1. The molecule has 0 aromatic carbocycles. The van der Waals surface area contributed by atoms with Crippen LogP contribution >= 0.6 is 0 Å². The fourth-order valence-corrected chi connectivity index (χ4v) is 0.696. The molecule has 0 radical (unpaired) electrons. The third-order valence-electron chi connectivity index (χ3n) is 1.25. The highest BCUT2D eigenvalue weighted by molar-refractivity contribution is 5.28. The summed E-state index contributed by atoms with van der Waals surface area (Å²) >= 11 is 0. The zero-order valence-electron chi connectivity index (χ0n) is 6.70. The molecule has 62 valence electrons. The van der Waals surface area contributed by atoms with Gasteiger partial charge in [0, 0.05) is 25.4 Å². The summed E-state index contributed by atoms with van der Waals surface area (Å²) in [4.78, 5) is 7.64. The van der Waals surface area contributed by atoms with E-state index in [-0.39, 0.29) is 6.61 Å². The normalized spacial score (nSPS) is 8.75. The third kappa shape index (κ3) is 3.13. The van der Waals surface area contributed by atoms with Gasteiger partial charge in [-0.05, 0) is 6.42 Å². The Labute approximate surface area is 71.5 Å². The van der Waals surface area contributed by atoms with Crippen molar-refractivity contribution in [3.8, 4) is 11.8 Å². The Balaban J connectivity index is 2.44. The van der Waals surface area contributed by atoms with Crippen molar-refractivity contribution in [2.24, 2.45) is 0 Å². The summed E-state index contributed by atoms with van der Waals surface area (Å²) in [5, 5.41) is 8.47. The van der Waals surface area contributed by atoms with Crippen LogP contribution in [0.1, 0.15) is 18.4 Å². The van der Waals surface area contributed by atoms with Crippen LogP contribution in [0.3, 0.4) is 0 Å². The first-order valence-corrected chi connectivity index (χ1v) is 3.78. The second kappa shape index (κ2) is 5.28. The van der Waals surface area contributed by atoms with Crippen LogP contribution < -0.4 is 0 Å². The van der Waals surface area contributed by atoms with Gasteiger partial charge in [0.15, 0.2) is 0 Å². The molecule has 0 bridgehead atoms. The summed E-state index contributed by atoms with van der Waals surface area (Å²) in [5.74, 6) is 5.81. The van der Waals surface area contributed by atoms with E-state index < -0.39 is 0 Å². The predicted molar refractivity (Wildman–Crippen MR) is 45.2 cm³/mol. The van der Waals surface area contributed by atoms with Gasteiger partial charge < -0.3 is 5.11 Å². The van der Waals surface area contributed by atoms with E-state index in [0.29, 0.717) is 6.42 Å². The SMILES string of the molecule is OCCCC#Cc1cncnc1. The van der Waals surface area contributed by atoms with Crippen molar-refractivity contribution >= 4 is 0 Å². The standard InChI is InChI=1S/C9H10N2O/c12-5-3-1-2-4-9-6-10-8-11-7-9/h6-8,12H,1,3,5H2. The van der Waals surface area contributed by atoms with Crippen LogP contribution in [0, 0.1) is 11.8 Å². The van der Waals surface area contributed by atoms with Gasteiger partial charge in [-0.25, -0.2) is 9.97 Å². The van der Waals surface area contributed by atoms with Crippen LogP contribution in [0.4, 0.5) is 0 Å². The topological polar surface area (TPSA) is 46.0 Å². The molecule has 0 saturated heterocycles. The highest BCUT2D eigenvalue weighted by Crippen LogP contribution is 1.90. The van der Waals surface area contributed by atoms with Crippen molar-refractivity contribution in [3.05, 3.63) is 24.3 Å². The van der Waals surface area contributed by atoms with Gasteiger partial charge in [0.2, 0.25) is 0 Å². The molecule has 3 nitrogen and oxygen atoms in total. The molecule has 1 N–H and O–H groups in total. The van der Waals surface area contributed by atoms with Gasteiger partial charge in [-0.1, -0.05) is 11.8 Å². The van der Waals surface area contributed by atoms with Crippen molar-refractivity contribution < 1.29 is 5.11 Å².